The van der Waals surface area contributed by atoms with Crippen LogP contribution in [-0.2, 0) is 21.2 Å². The number of rotatable bonds is 6. The van der Waals surface area contributed by atoms with E-state index in [9.17, 15) is 13.2 Å². The predicted molar refractivity (Wildman–Crippen MR) is 120 cm³/mol. The molecule has 1 aromatic heterocycles. The molecule has 2 aromatic carbocycles. The van der Waals surface area contributed by atoms with Gasteiger partial charge in [0.2, 0.25) is 15.9 Å². The van der Waals surface area contributed by atoms with E-state index in [1.165, 1.54) is 29.0 Å². The lowest BCUT2D eigenvalue weighted by atomic mass is 10.1. The van der Waals surface area contributed by atoms with Crippen molar-refractivity contribution < 1.29 is 13.2 Å². The molecule has 3 aromatic rings. The highest BCUT2D eigenvalue weighted by molar-refractivity contribution is 7.89. The average molecular weight is 444 g/mol. The van der Waals surface area contributed by atoms with Crippen LogP contribution >= 0.6 is 11.3 Å². The largest absolute Gasteiger partial charge is 0.339 e. The molecule has 0 bridgehead atoms. The molecular weight excluding hydrogens is 418 g/mol. The zero-order valence-electron chi connectivity index (χ0n) is 17.4. The van der Waals surface area contributed by atoms with Gasteiger partial charge >= 0.3 is 0 Å². The number of likely N-dealkylation sites (N-methyl/N-ethyl adjacent to an activating group) is 1. The van der Waals surface area contributed by atoms with Crippen LogP contribution in [0.1, 0.15) is 34.0 Å². The van der Waals surface area contributed by atoms with Gasteiger partial charge in [-0.05, 0) is 38.5 Å². The fourth-order valence-corrected chi connectivity index (χ4v) is 4.63. The maximum atomic E-state index is 13.0. The molecule has 8 heteroatoms. The summed E-state index contributed by atoms with van der Waals surface area (Å²) in [7, 11) is -1.99. The number of carbonyl (C=O) groups excluding carboxylic acids is 1. The van der Waals surface area contributed by atoms with Crippen LogP contribution in [-0.4, -0.2) is 31.3 Å². The van der Waals surface area contributed by atoms with Crippen molar-refractivity contribution in [2.75, 3.05) is 7.05 Å². The van der Waals surface area contributed by atoms with Crippen molar-refractivity contribution in [2.45, 2.75) is 38.1 Å². The Hall–Kier alpha value is -2.55. The van der Waals surface area contributed by atoms with Crippen molar-refractivity contribution in [3.05, 3.63) is 69.5 Å². The second-order valence-corrected chi connectivity index (χ2v) is 10.2. The SMILES string of the molecule is Cc1ccc(-c2nc(C)sc2CC(=O)N(C)C(C)c2ccc(S(N)(=O)=O)cc2)cc1. The van der Waals surface area contributed by atoms with Crippen molar-refractivity contribution in [1.29, 1.82) is 0 Å². The Labute approximate surface area is 181 Å². The molecule has 6 nitrogen and oxygen atoms in total. The van der Waals surface area contributed by atoms with Crippen LogP contribution in [0.5, 0.6) is 0 Å². The third-order valence-electron chi connectivity index (χ3n) is 5.11. The van der Waals surface area contributed by atoms with Crippen LogP contribution in [0.15, 0.2) is 53.4 Å². The quantitative estimate of drug-likeness (QED) is 0.626. The summed E-state index contributed by atoms with van der Waals surface area (Å²) in [6.07, 6.45) is 0.255. The van der Waals surface area contributed by atoms with Crippen LogP contribution in [0.2, 0.25) is 0 Å². The lowest BCUT2D eigenvalue weighted by molar-refractivity contribution is -0.131. The van der Waals surface area contributed by atoms with Gasteiger partial charge in [0, 0.05) is 17.5 Å². The second kappa shape index (κ2) is 8.67. The fraction of sp³-hybridized carbons (Fsp3) is 0.273. The van der Waals surface area contributed by atoms with Crippen molar-refractivity contribution in [3.8, 4) is 11.3 Å². The number of thiazole rings is 1. The number of nitrogens with two attached hydrogens (primary N) is 1. The van der Waals surface area contributed by atoms with Crippen molar-refractivity contribution >= 4 is 27.3 Å². The third kappa shape index (κ3) is 4.95. The molecule has 30 heavy (non-hydrogen) atoms. The van der Waals surface area contributed by atoms with E-state index in [1.807, 2.05) is 45.0 Å². The van der Waals surface area contributed by atoms with Gasteiger partial charge < -0.3 is 4.90 Å². The van der Waals surface area contributed by atoms with Gasteiger partial charge in [-0.25, -0.2) is 18.5 Å². The van der Waals surface area contributed by atoms with E-state index in [2.05, 4.69) is 4.98 Å². The maximum Gasteiger partial charge on any atom is 0.238 e. The van der Waals surface area contributed by atoms with Gasteiger partial charge in [0.15, 0.2) is 0 Å². The molecule has 1 unspecified atom stereocenters. The summed E-state index contributed by atoms with van der Waals surface area (Å²) < 4.78 is 22.9. The molecule has 3 rings (SSSR count). The van der Waals surface area contributed by atoms with E-state index < -0.39 is 10.0 Å². The lowest BCUT2D eigenvalue weighted by Gasteiger charge is -2.25. The number of nitrogens with zero attached hydrogens (tertiary/aromatic N) is 2. The van der Waals surface area contributed by atoms with Crippen LogP contribution in [0.4, 0.5) is 0 Å². The second-order valence-electron chi connectivity index (χ2n) is 7.34. The smallest absolute Gasteiger partial charge is 0.238 e. The van der Waals surface area contributed by atoms with E-state index in [-0.39, 0.29) is 23.3 Å². The van der Waals surface area contributed by atoms with Crippen LogP contribution in [0, 0.1) is 13.8 Å². The van der Waals surface area contributed by atoms with Crippen molar-refractivity contribution in [2.24, 2.45) is 5.14 Å². The van der Waals surface area contributed by atoms with Crippen LogP contribution < -0.4 is 5.14 Å². The Balaban J connectivity index is 1.78. The Bertz CT molecular complexity index is 1150. The summed E-state index contributed by atoms with van der Waals surface area (Å²) in [5.74, 6) is -0.0324. The molecule has 0 saturated carbocycles. The topological polar surface area (TPSA) is 93.4 Å². The Morgan fingerprint density at radius 2 is 1.70 bits per heavy atom. The molecule has 0 saturated heterocycles. The first-order valence-corrected chi connectivity index (χ1v) is 11.8. The van der Waals surface area contributed by atoms with E-state index >= 15 is 0 Å². The highest BCUT2D eigenvalue weighted by Crippen LogP contribution is 2.30. The molecule has 0 aliphatic carbocycles. The number of hydrogen-bond donors (Lipinski definition) is 1. The monoisotopic (exact) mass is 443 g/mol. The van der Waals surface area contributed by atoms with Gasteiger partial charge in [0.05, 0.1) is 28.1 Å². The number of primary sulfonamides is 1. The first-order valence-electron chi connectivity index (χ1n) is 9.48. The number of carbonyl (C=O) groups is 1. The van der Waals surface area contributed by atoms with Crippen molar-refractivity contribution in [3.63, 3.8) is 0 Å². The Morgan fingerprint density at radius 3 is 2.27 bits per heavy atom. The molecule has 0 fully saturated rings. The van der Waals surface area contributed by atoms with Gasteiger partial charge in [-0.15, -0.1) is 11.3 Å². The Morgan fingerprint density at radius 1 is 1.10 bits per heavy atom. The third-order valence-corrected chi connectivity index (χ3v) is 7.01. The van der Waals surface area contributed by atoms with Gasteiger partial charge in [-0.2, -0.15) is 0 Å². The summed E-state index contributed by atoms with van der Waals surface area (Å²) in [4.78, 5) is 20.3. The number of amides is 1. The minimum Gasteiger partial charge on any atom is -0.339 e. The van der Waals surface area contributed by atoms with Gasteiger partial charge in [-0.1, -0.05) is 42.0 Å². The first kappa shape index (κ1) is 22.1. The highest BCUT2D eigenvalue weighted by Gasteiger charge is 2.21. The number of aromatic nitrogens is 1. The van der Waals surface area contributed by atoms with E-state index in [4.69, 9.17) is 5.14 Å². The molecular formula is C22H25N3O3S2. The van der Waals surface area contributed by atoms with Crippen LogP contribution in [0.3, 0.4) is 0 Å². The predicted octanol–water partition coefficient (Wildman–Crippen LogP) is 3.84. The summed E-state index contributed by atoms with van der Waals surface area (Å²) >= 11 is 1.53. The Kier molecular flexibility index (Phi) is 6.40. The average Bonchev–Trinajstić information content (AvgIpc) is 3.06. The summed E-state index contributed by atoms with van der Waals surface area (Å²) in [5, 5.41) is 6.07. The number of sulfonamides is 1. The van der Waals surface area contributed by atoms with Crippen molar-refractivity contribution in [1.82, 2.24) is 9.88 Å². The molecule has 0 radical (unpaired) electrons. The van der Waals surface area contributed by atoms with Gasteiger partial charge in [0.25, 0.3) is 0 Å². The fourth-order valence-electron chi connectivity index (χ4n) is 3.16. The van der Waals surface area contributed by atoms with E-state index in [0.717, 1.165) is 26.7 Å². The first-order chi connectivity index (χ1) is 14.1. The number of aryl methyl sites for hydroxylation is 2. The minimum absolute atomic E-state index is 0.0324. The normalized spacial score (nSPS) is 12.6. The molecule has 1 heterocycles. The van der Waals surface area contributed by atoms with E-state index in [0.29, 0.717) is 0 Å². The maximum absolute atomic E-state index is 13.0. The molecule has 0 aliphatic rings. The minimum atomic E-state index is -3.74. The zero-order valence-corrected chi connectivity index (χ0v) is 19.0. The summed E-state index contributed by atoms with van der Waals surface area (Å²) in [5.41, 5.74) is 3.86. The van der Waals surface area contributed by atoms with Crippen LogP contribution in [0.25, 0.3) is 11.3 Å². The molecule has 0 aliphatic heterocycles. The lowest BCUT2D eigenvalue weighted by Crippen LogP contribution is -2.31. The molecule has 1 atom stereocenters. The van der Waals surface area contributed by atoms with Gasteiger partial charge in [0.1, 0.15) is 0 Å². The molecule has 0 spiro atoms. The molecule has 1 amide bonds. The number of hydrogen-bond acceptors (Lipinski definition) is 5. The molecule has 158 valence electrons. The van der Waals surface area contributed by atoms with Gasteiger partial charge in [-0.3, -0.25) is 4.79 Å². The summed E-state index contributed by atoms with van der Waals surface area (Å²) in [6.45, 7) is 5.88. The zero-order chi connectivity index (χ0) is 22.1. The van der Waals surface area contributed by atoms with E-state index in [1.54, 1.807) is 24.1 Å². The molecule has 2 N–H and O–H groups in total. The summed E-state index contributed by atoms with van der Waals surface area (Å²) in [6, 6.07) is 14.2. The highest BCUT2D eigenvalue weighted by atomic mass is 32.2. The standard InChI is InChI=1S/C22H25N3O3S2/c1-14-5-7-18(8-6-14)22-20(29-16(3)24-22)13-21(26)25(4)15(2)17-9-11-19(12-10-17)30(23,27)28/h5-12,15H,13H2,1-4H3,(H2,23,27,28). The number of benzene rings is 2.